The van der Waals surface area contributed by atoms with Crippen molar-refractivity contribution in [2.24, 2.45) is 17.8 Å². The van der Waals surface area contributed by atoms with Gasteiger partial charge in [0.1, 0.15) is 11.3 Å². The second-order valence-corrected chi connectivity index (χ2v) is 9.22. The van der Waals surface area contributed by atoms with Gasteiger partial charge in [0, 0.05) is 11.6 Å². The SMILES string of the molecule is COc1cc(N)c(Cl)cc1C(=O)O[C@@H](C)C(=O)NC12CC3CC(CC(C3)C1)C2. The lowest BCUT2D eigenvalue weighted by Crippen LogP contribution is -2.61. The number of nitrogens with one attached hydrogen (secondary N) is 1. The minimum atomic E-state index is -0.901. The first-order chi connectivity index (χ1) is 13.3. The van der Waals surface area contributed by atoms with Gasteiger partial charge in [0.25, 0.3) is 5.91 Å². The van der Waals surface area contributed by atoms with Crippen molar-refractivity contribution in [3.8, 4) is 5.75 Å². The lowest BCUT2D eigenvalue weighted by Gasteiger charge is -2.57. The third-order valence-corrected chi connectivity index (χ3v) is 6.95. The van der Waals surface area contributed by atoms with Crippen molar-refractivity contribution >= 4 is 29.2 Å². The molecule has 4 aliphatic carbocycles. The number of nitrogen functional groups attached to an aromatic ring is 1. The maximum absolute atomic E-state index is 12.8. The molecule has 0 aromatic heterocycles. The number of anilines is 1. The van der Waals surface area contributed by atoms with Crippen LogP contribution in [0.25, 0.3) is 0 Å². The van der Waals surface area contributed by atoms with Crippen LogP contribution in [0, 0.1) is 17.8 Å². The molecule has 0 saturated heterocycles. The molecule has 1 aromatic rings. The number of nitrogens with two attached hydrogens (primary N) is 1. The normalized spacial score (nSPS) is 31.3. The zero-order valence-corrected chi connectivity index (χ0v) is 17.1. The third-order valence-electron chi connectivity index (χ3n) is 6.62. The van der Waals surface area contributed by atoms with Crippen molar-refractivity contribution in [3.05, 3.63) is 22.7 Å². The molecule has 6 nitrogen and oxygen atoms in total. The molecule has 3 N–H and O–H groups in total. The monoisotopic (exact) mass is 406 g/mol. The Morgan fingerprint density at radius 2 is 1.75 bits per heavy atom. The van der Waals surface area contributed by atoms with Crippen LogP contribution in [0.15, 0.2) is 12.1 Å². The molecule has 4 fully saturated rings. The van der Waals surface area contributed by atoms with E-state index >= 15 is 0 Å². The molecule has 0 unspecified atom stereocenters. The number of esters is 1. The molecular weight excluding hydrogens is 380 g/mol. The molecular formula is C21H27ClN2O4. The standard InChI is InChI=1S/C21H27ClN2O4/c1-11(28-20(26)15-6-16(22)17(23)7-18(15)27-2)19(25)24-21-8-12-3-13(9-21)5-14(4-12)10-21/h6-7,11-14H,3-5,8-10,23H2,1-2H3,(H,24,25)/t11-,12?,13?,14?,21?/m0/s1. The molecule has 4 aliphatic rings. The van der Waals surface area contributed by atoms with Gasteiger partial charge in [-0.05, 0) is 69.3 Å². The topological polar surface area (TPSA) is 90.7 Å². The zero-order valence-electron chi connectivity index (χ0n) is 16.3. The fourth-order valence-corrected chi connectivity index (χ4v) is 5.97. The first-order valence-electron chi connectivity index (χ1n) is 9.94. The van der Waals surface area contributed by atoms with E-state index in [0.717, 1.165) is 37.0 Å². The van der Waals surface area contributed by atoms with Gasteiger partial charge in [0.15, 0.2) is 6.10 Å². The van der Waals surface area contributed by atoms with Crippen molar-refractivity contribution in [3.63, 3.8) is 0 Å². The Morgan fingerprint density at radius 1 is 1.18 bits per heavy atom. The van der Waals surface area contributed by atoms with Gasteiger partial charge in [-0.3, -0.25) is 4.79 Å². The summed E-state index contributed by atoms with van der Waals surface area (Å²) < 4.78 is 10.6. The number of carbonyl (C=O) groups excluding carboxylic acids is 2. The fourth-order valence-electron chi connectivity index (χ4n) is 5.80. The predicted octanol–water partition coefficient (Wildman–Crippen LogP) is 3.56. The van der Waals surface area contributed by atoms with Gasteiger partial charge in [0.2, 0.25) is 0 Å². The van der Waals surface area contributed by atoms with Crippen molar-refractivity contribution in [2.75, 3.05) is 12.8 Å². The fraction of sp³-hybridized carbons (Fsp3) is 0.619. The first-order valence-corrected chi connectivity index (χ1v) is 10.3. The summed E-state index contributed by atoms with van der Waals surface area (Å²) in [4.78, 5) is 25.4. The molecule has 1 atom stereocenters. The summed E-state index contributed by atoms with van der Waals surface area (Å²) in [6.07, 6.45) is 6.15. The summed E-state index contributed by atoms with van der Waals surface area (Å²) in [5, 5.41) is 3.47. The minimum Gasteiger partial charge on any atom is -0.496 e. The van der Waals surface area contributed by atoms with Gasteiger partial charge in [0.05, 0.1) is 17.8 Å². The van der Waals surface area contributed by atoms with Crippen molar-refractivity contribution in [2.45, 2.75) is 57.1 Å². The van der Waals surface area contributed by atoms with Gasteiger partial charge in [-0.1, -0.05) is 11.6 Å². The van der Waals surface area contributed by atoms with E-state index in [1.807, 2.05) is 0 Å². The molecule has 0 aliphatic heterocycles. The summed E-state index contributed by atoms with van der Waals surface area (Å²) in [6.45, 7) is 1.60. The van der Waals surface area contributed by atoms with Crippen LogP contribution < -0.4 is 15.8 Å². The molecule has 152 valence electrons. The van der Waals surface area contributed by atoms with Crippen LogP contribution in [-0.2, 0) is 9.53 Å². The Morgan fingerprint density at radius 3 is 2.29 bits per heavy atom. The van der Waals surface area contributed by atoms with E-state index in [1.165, 1.54) is 38.5 Å². The molecule has 5 rings (SSSR count). The highest BCUT2D eigenvalue weighted by molar-refractivity contribution is 6.33. The van der Waals surface area contributed by atoms with E-state index < -0.39 is 12.1 Å². The molecule has 1 aromatic carbocycles. The lowest BCUT2D eigenvalue weighted by atomic mass is 9.53. The number of benzene rings is 1. The van der Waals surface area contributed by atoms with Crippen LogP contribution in [0.5, 0.6) is 5.75 Å². The van der Waals surface area contributed by atoms with Crippen LogP contribution in [0.2, 0.25) is 5.02 Å². The maximum atomic E-state index is 12.8. The third kappa shape index (κ3) is 3.54. The van der Waals surface area contributed by atoms with E-state index in [9.17, 15) is 9.59 Å². The highest BCUT2D eigenvalue weighted by Gasteiger charge is 2.51. The van der Waals surface area contributed by atoms with Crippen LogP contribution in [0.4, 0.5) is 5.69 Å². The summed E-state index contributed by atoms with van der Waals surface area (Å²) in [6, 6.07) is 2.88. The summed E-state index contributed by atoms with van der Waals surface area (Å²) >= 11 is 6.02. The van der Waals surface area contributed by atoms with Gasteiger partial charge < -0.3 is 20.5 Å². The molecule has 7 heteroatoms. The Kier molecular flexibility index (Phi) is 4.94. The summed E-state index contributed by atoms with van der Waals surface area (Å²) in [5.41, 5.74) is 6.09. The Hall–Kier alpha value is -1.95. The number of carbonyl (C=O) groups is 2. The second-order valence-electron chi connectivity index (χ2n) is 8.81. The lowest BCUT2D eigenvalue weighted by molar-refractivity contribution is -0.134. The number of halogens is 1. The number of amides is 1. The smallest absolute Gasteiger partial charge is 0.342 e. The number of methoxy groups -OCH3 is 1. The van der Waals surface area contributed by atoms with Crippen LogP contribution >= 0.6 is 11.6 Å². The quantitative estimate of drug-likeness (QED) is 0.576. The Labute approximate surface area is 170 Å². The van der Waals surface area contributed by atoms with Gasteiger partial charge in [-0.15, -0.1) is 0 Å². The summed E-state index contributed by atoms with van der Waals surface area (Å²) in [7, 11) is 1.43. The van der Waals surface area contributed by atoms with E-state index in [0.29, 0.717) is 5.69 Å². The number of rotatable bonds is 5. The second kappa shape index (κ2) is 7.14. The Balaban J connectivity index is 1.42. The largest absolute Gasteiger partial charge is 0.496 e. The average molecular weight is 407 g/mol. The number of hydrogen-bond donors (Lipinski definition) is 2. The van der Waals surface area contributed by atoms with E-state index in [2.05, 4.69) is 5.32 Å². The van der Waals surface area contributed by atoms with E-state index in [1.54, 1.807) is 6.92 Å². The average Bonchev–Trinajstić information content (AvgIpc) is 2.61. The van der Waals surface area contributed by atoms with Crippen molar-refractivity contribution in [1.82, 2.24) is 5.32 Å². The molecule has 0 spiro atoms. The van der Waals surface area contributed by atoms with Crippen LogP contribution in [-0.4, -0.2) is 30.6 Å². The first kappa shape index (κ1) is 19.4. The molecule has 28 heavy (non-hydrogen) atoms. The van der Waals surface area contributed by atoms with E-state index in [4.69, 9.17) is 26.8 Å². The highest BCUT2D eigenvalue weighted by atomic mass is 35.5. The van der Waals surface area contributed by atoms with Crippen LogP contribution in [0.1, 0.15) is 55.8 Å². The number of ether oxygens (including phenoxy) is 2. The predicted molar refractivity (Wildman–Crippen MR) is 106 cm³/mol. The van der Waals surface area contributed by atoms with Gasteiger partial charge >= 0.3 is 5.97 Å². The highest BCUT2D eigenvalue weighted by Crippen LogP contribution is 2.55. The number of hydrogen-bond acceptors (Lipinski definition) is 5. The minimum absolute atomic E-state index is 0.116. The molecule has 0 radical (unpaired) electrons. The van der Waals surface area contributed by atoms with Gasteiger partial charge in [-0.25, -0.2) is 4.79 Å². The zero-order chi connectivity index (χ0) is 20.1. The maximum Gasteiger partial charge on any atom is 0.342 e. The molecule has 4 saturated carbocycles. The molecule has 0 heterocycles. The Bertz CT molecular complexity index is 775. The van der Waals surface area contributed by atoms with Gasteiger partial charge in [-0.2, -0.15) is 0 Å². The molecule has 4 bridgehead atoms. The summed E-state index contributed by atoms with van der Waals surface area (Å²) in [5.74, 6) is 1.55. The molecule has 1 amide bonds. The van der Waals surface area contributed by atoms with Crippen molar-refractivity contribution < 1.29 is 19.1 Å². The van der Waals surface area contributed by atoms with E-state index in [-0.39, 0.29) is 27.8 Å². The van der Waals surface area contributed by atoms with Crippen LogP contribution in [0.3, 0.4) is 0 Å². The van der Waals surface area contributed by atoms with Crippen molar-refractivity contribution in [1.29, 1.82) is 0 Å².